The number of rotatable bonds is 3. The quantitative estimate of drug-likeness (QED) is 0.865. The van der Waals surface area contributed by atoms with Gasteiger partial charge in [-0.2, -0.15) is 0 Å². The molecule has 0 N–H and O–H groups in total. The molecule has 5 heteroatoms. The second-order valence-electron chi connectivity index (χ2n) is 5.73. The van der Waals surface area contributed by atoms with E-state index in [0.29, 0.717) is 6.04 Å². The van der Waals surface area contributed by atoms with E-state index in [0.717, 1.165) is 29.5 Å². The summed E-state index contributed by atoms with van der Waals surface area (Å²) in [5, 5.41) is 3.13. The number of aromatic nitrogens is 1. The molecule has 112 valence electrons. The third-order valence-electron chi connectivity index (χ3n) is 4.03. The lowest BCUT2D eigenvalue weighted by Gasteiger charge is -2.35. The van der Waals surface area contributed by atoms with E-state index in [4.69, 9.17) is 4.98 Å². The third-order valence-corrected chi connectivity index (χ3v) is 4.93. The molecule has 3 nitrogen and oxygen atoms in total. The van der Waals surface area contributed by atoms with Crippen LogP contribution in [0.1, 0.15) is 12.8 Å². The van der Waals surface area contributed by atoms with Crippen LogP contribution in [0.25, 0.3) is 11.3 Å². The normalized spacial score (nSPS) is 19.2. The molecule has 1 fully saturated rings. The molecular weight excluding hydrogens is 285 g/mol. The largest absolute Gasteiger partial charge is 0.347 e. The van der Waals surface area contributed by atoms with Crippen LogP contribution in [0, 0.1) is 5.82 Å². The van der Waals surface area contributed by atoms with Crippen LogP contribution in [0.2, 0.25) is 0 Å². The molecule has 21 heavy (non-hydrogen) atoms. The van der Waals surface area contributed by atoms with E-state index in [1.54, 1.807) is 23.5 Å². The topological polar surface area (TPSA) is 19.4 Å². The number of piperidine rings is 1. The molecule has 0 radical (unpaired) electrons. The highest BCUT2D eigenvalue weighted by Gasteiger charge is 2.23. The first kappa shape index (κ1) is 14.5. The van der Waals surface area contributed by atoms with E-state index < -0.39 is 0 Å². The molecule has 0 amide bonds. The summed E-state index contributed by atoms with van der Waals surface area (Å²) in [5.74, 6) is -0.209. The summed E-state index contributed by atoms with van der Waals surface area (Å²) in [6, 6.07) is 7.13. The Bertz CT molecular complexity index is 594. The van der Waals surface area contributed by atoms with Gasteiger partial charge in [-0.05, 0) is 51.2 Å². The zero-order chi connectivity index (χ0) is 14.8. The van der Waals surface area contributed by atoms with Crippen molar-refractivity contribution >= 4 is 16.5 Å². The van der Waals surface area contributed by atoms with Crippen molar-refractivity contribution in [2.75, 3.05) is 32.1 Å². The highest BCUT2D eigenvalue weighted by Crippen LogP contribution is 2.29. The third kappa shape index (κ3) is 3.24. The van der Waals surface area contributed by atoms with Gasteiger partial charge < -0.3 is 9.80 Å². The molecule has 2 heterocycles. The number of nitrogens with zero attached hydrogens (tertiary/aromatic N) is 3. The van der Waals surface area contributed by atoms with Crippen molar-refractivity contribution in [2.24, 2.45) is 0 Å². The Morgan fingerprint density at radius 1 is 1.29 bits per heavy atom. The molecule has 0 bridgehead atoms. The average molecular weight is 305 g/mol. The van der Waals surface area contributed by atoms with Gasteiger partial charge in [-0.15, -0.1) is 11.3 Å². The summed E-state index contributed by atoms with van der Waals surface area (Å²) < 4.78 is 13.0. The Hall–Kier alpha value is -1.46. The first-order chi connectivity index (χ1) is 10.1. The summed E-state index contributed by atoms with van der Waals surface area (Å²) >= 11 is 1.67. The van der Waals surface area contributed by atoms with Crippen LogP contribution < -0.4 is 4.90 Å². The predicted octanol–water partition coefficient (Wildman–Crippen LogP) is 3.48. The highest BCUT2D eigenvalue weighted by molar-refractivity contribution is 7.14. The molecule has 1 aliphatic rings. The molecule has 0 aliphatic carbocycles. The smallest absolute Gasteiger partial charge is 0.185 e. The molecule has 1 aromatic carbocycles. The van der Waals surface area contributed by atoms with Crippen molar-refractivity contribution in [3.05, 3.63) is 35.5 Å². The summed E-state index contributed by atoms with van der Waals surface area (Å²) in [6.45, 7) is 2.10. The maximum Gasteiger partial charge on any atom is 0.185 e. The van der Waals surface area contributed by atoms with Crippen LogP contribution >= 0.6 is 11.3 Å². The Morgan fingerprint density at radius 2 is 2.05 bits per heavy atom. The monoisotopic (exact) mass is 305 g/mol. The standard InChI is InChI=1S/C16H20FN3S/c1-19(2)14-4-3-9-20(10-14)16-18-15(11-21-16)12-5-7-13(17)8-6-12/h5-8,11,14H,3-4,9-10H2,1-2H3. The number of anilines is 1. The van der Waals surface area contributed by atoms with Crippen molar-refractivity contribution < 1.29 is 4.39 Å². The van der Waals surface area contributed by atoms with Gasteiger partial charge >= 0.3 is 0 Å². The van der Waals surface area contributed by atoms with Gasteiger partial charge in [0.15, 0.2) is 5.13 Å². The second kappa shape index (κ2) is 6.12. The molecule has 1 atom stereocenters. The van der Waals surface area contributed by atoms with E-state index >= 15 is 0 Å². The zero-order valence-corrected chi connectivity index (χ0v) is 13.2. The Labute approximate surface area is 129 Å². The highest BCUT2D eigenvalue weighted by atomic mass is 32.1. The predicted molar refractivity (Wildman–Crippen MR) is 86.4 cm³/mol. The summed E-state index contributed by atoms with van der Waals surface area (Å²) in [6.07, 6.45) is 2.45. The molecule has 1 aromatic heterocycles. The molecular formula is C16H20FN3S. The number of hydrogen-bond donors (Lipinski definition) is 0. The van der Waals surface area contributed by atoms with Crippen molar-refractivity contribution in [3.8, 4) is 11.3 Å². The molecule has 1 unspecified atom stereocenters. The van der Waals surface area contributed by atoms with Crippen molar-refractivity contribution in [1.82, 2.24) is 9.88 Å². The van der Waals surface area contributed by atoms with Crippen LogP contribution in [0.4, 0.5) is 9.52 Å². The summed E-state index contributed by atoms with van der Waals surface area (Å²) in [5.41, 5.74) is 1.90. The van der Waals surface area contributed by atoms with Gasteiger partial charge in [-0.25, -0.2) is 9.37 Å². The van der Waals surface area contributed by atoms with E-state index in [9.17, 15) is 4.39 Å². The number of thiazole rings is 1. The molecule has 2 aromatic rings. The molecule has 1 aliphatic heterocycles. The Balaban J connectivity index is 1.77. The van der Waals surface area contributed by atoms with Crippen LogP contribution in [-0.2, 0) is 0 Å². The molecule has 3 rings (SSSR count). The molecule has 0 spiro atoms. The Morgan fingerprint density at radius 3 is 2.76 bits per heavy atom. The minimum atomic E-state index is -0.209. The summed E-state index contributed by atoms with van der Waals surface area (Å²) in [4.78, 5) is 9.39. The first-order valence-electron chi connectivity index (χ1n) is 7.26. The molecule has 0 saturated carbocycles. The van der Waals surface area contributed by atoms with Gasteiger partial charge in [-0.3, -0.25) is 0 Å². The maximum atomic E-state index is 13.0. The van der Waals surface area contributed by atoms with Crippen molar-refractivity contribution in [2.45, 2.75) is 18.9 Å². The number of halogens is 1. The van der Waals surface area contributed by atoms with Crippen molar-refractivity contribution in [3.63, 3.8) is 0 Å². The minimum Gasteiger partial charge on any atom is -0.347 e. The van der Waals surface area contributed by atoms with Crippen molar-refractivity contribution in [1.29, 1.82) is 0 Å². The fraction of sp³-hybridized carbons (Fsp3) is 0.438. The van der Waals surface area contributed by atoms with Gasteiger partial charge in [0.25, 0.3) is 0 Å². The summed E-state index contributed by atoms with van der Waals surface area (Å²) in [7, 11) is 4.28. The zero-order valence-electron chi connectivity index (χ0n) is 12.4. The lowest BCUT2D eigenvalue weighted by molar-refractivity contribution is 0.258. The second-order valence-corrected chi connectivity index (χ2v) is 6.56. The van der Waals surface area contributed by atoms with Gasteiger partial charge in [0.1, 0.15) is 5.82 Å². The van der Waals surface area contributed by atoms with E-state index in [-0.39, 0.29) is 5.82 Å². The fourth-order valence-electron chi connectivity index (χ4n) is 2.71. The number of likely N-dealkylation sites (N-methyl/N-ethyl adjacent to an activating group) is 1. The maximum absolute atomic E-state index is 13.0. The van der Waals surface area contributed by atoms with Gasteiger partial charge in [0, 0.05) is 30.1 Å². The van der Waals surface area contributed by atoms with E-state index in [1.165, 1.54) is 25.0 Å². The average Bonchev–Trinajstić information content (AvgIpc) is 2.98. The van der Waals surface area contributed by atoms with Crippen LogP contribution in [0.5, 0.6) is 0 Å². The van der Waals surface area contributed by atoms with Gasteiger partial charge in [0.05, 0.1) is 5.69 Å². The first-order valence-corrected chi connectivity index (χ1v) is 8.14. The van der Waals surface area contributed by atoms with Crippen LogP contribution in [0.3, 0.4) is 0 Å². The van der Waals surface area contributed by atoms with Gasteiger partial charge in [-0.1, -0.05) is 0 Å². The lowest BCUT2D eigenvalue weighted by Crippen LogP contribution is -2.45. The SMILES string of the molecule is CN(C)C1CCCN(c2nc(-c3ccc(F)cc3)cs2)C1. The fourth-order valence-corrected chi connectivity index (χ4v) is 3.58. The number of benzene rings is 1. The van der Waals surface area contributed by atoms with E-state index in [2.05, 4.69) is 29.3 Å². The molecule has 1 saturated heterocycles. The van der Waals surface area contributed by atoms with E-state index in [1.807, 2.05) is 0 Å². The Kier molecular flexibility index (Phi) is 4.22. The lowest BCUT2D eigenvalue weighted by atomic mass is 10.1. The number of hydrogen-bond acceptors (Lipinski definition) is 4. The van der Waals surface area contributed by atoms with Crippen LogP contribution in [-0.4, -0.2) is 43.1 Å². The van der Waals surface area contributed by atoms with Gasteiger partial charge in [0.2, 0.25) is 0 Å². The minimum absolute atomic E-state index is 0.209. The van der Waals surface area contributed by atoms with Crippen LogP contribution in [0.15, 0.2) is 29.6 Å².